The van der Waals surface area contributed by atoms with Gasteiger partial charge in [0.15, 0.2) is 0 Å². The normalized spacial score (nSPS) is 19.0. The minimum atomic E-state index is -0.965. The van der Waals surface area contributed by atoms with Gasteiger partial charge in [0, 0.05) is 12.8 Å². The van der Waals surface area contributed by atoms with E-state index in [2.05, 4.69) is 0 Å². The Balaban J connectivity index is 2.83. The summed E-state index contributed by atoms with van der Waals surface area (Å²) in [5.74, 6) is -1.40. The highest BCUT2D eigenvalue weighted by atomic mass is 16.4. The molecule has 17 heavy (non-hydrogen) atoms. The topological polar surface area (TPSA) is 74.7 Å². The number of hydrogen-bond donors (Lipinski definition) is 1. The number of carboxylic acid groups (broad SMARTS) is 1. The first-order valence-corrected chi connectivity index (χ1v) is 6.13. The van der Waals surface area contributed by atoms with Crippen molar-refractivity contribution in [3.8, 4) is 0 Å². The predicted molar refractivity (Wildman–Crippen MR) is 61.3 cm³/mol. The molecule has 0 radical (unpaired) electrons. The number of carbonyl (C=O) groups is 3. The van der Waals surface area contributed by atoms with Gasteiger partial charge in [0.2, 0.25) is 11.8 Å². The highest BCUT2D eigenvalue weighted by Gasteiger charge is 2.31. The van der Waals surface area contributed by atoms with Gasteiger partial charge in [0.25, 0.3) is 0 Å². The molecule has 0 bridgehead atoms. The van der Waals surface area contributed by atoms with Crippen LogP contribution in [0.3, 0.4) is 0 Å². The minimum Gasteiger partial charge on any atom is -0.481 e. The maximum Gasteiger partial charge on any atom is 0.305 e. The van der Waals surface area contributed by atoms with Gasteiger partial charge < -0.3 is 5.11 Å². The van der Waals surface area contributed by atoms with Crippen LogP contribution in [0.1, 0.15) is 51.9 Å². The lowest BCUT2D eigenvalue weighted by Gasteiger charge is -2.27. The van der Waals surface area contributed by atoms with Crippen LogP contribution in [0.25, 0.3) is 0 Å². The molecule has 0 aromatic heterocycles. The van der Waals surface area contributed by atoms with Gasteiger partial charge in [0.1, 0.15) is 0 Å². The largest absolute Gasteiger partial charge is 0.481 e. The quantitative estimate of drug-likeness (QED) is 0.741. The molecule has 1 fully saturated rings. The van der Waals surface area contributed by atoms with Gasteiger partial charge in [0.05, 0.1) is 12.5 Å². The summed E-state index contributed by atoms with van der Waals surface area (Å²) >= 11 is 0. The van der Waals surface area contributed by atoms with Crippen LogP contribution in [0, 0.1) is 0 Å². The molecule has 1 unspecified atom stereocenters. The summed E-state index contributed by atoms with van der Waals surface area (Å²) in [6.07, 6.45) is 3.31. The zero-order valence-corrected chi connectivity index (χ0v) is 10.1. The second kappa shape index (κ2) is 6.37. The van der Waals surface area contributed by atoms with E-state index in [0.717, 1.165) is 6.42 Å². The molecular formula is C12H19NO4. The Hall–Kier alpha value is -1.39. The Bertz CT molecular complexity index is 296. The number of nitrogens with zero attached hydrogens (tertiary/aromatic N) is 1. The second-order valence-electron chi connectivity index (χ2n) is 4.40. The van der Waals surface area contributed by atoms with E-state index in [1.54, 1.807) is 0 Å². The lowest BCUT2D eigenvalue weighted by Crippen LogP contribution is -2.44. The van der Waals surface area contributed by atoms with Crippen molar-refractivity contribution in [2.24, 2.45) is 0 Å². The molecular weight excluding hydrogens is 222 g/mol. The SMILES string of the molecule is CCCC(CC(=O)O)N1C(=O)CCCCC1=O. The van der Waals surface area contributed by atoms with Crippen molar-refractivity contribution in [2.75, 3.05) is 0 Å². The van der Waals surface area contributed by atoms with Gasteiger partial charge in [-0.1, -0.05) is 13.3 Å². The first-order chi connectivity index (χ1) is 8.06. The maximum absolute atomic E-state index is 11.8. The zero-order chi connectivity index (χ0) is 12.8. The molecule has 1 saturated heterocycles. The molecule has 0 saturated carbocycles. The van der Waals surface area contributed by atoms with E-state index >= 15 is 0 Å². The van der Waals surface area contributed by atoms with Crippen molar-refractivity contribution >= 4 is 17.8 Å². The van der Waals surface area contributed by atoms with Crippen molar-refractivity contribution in [2.45, 2.75) is 57.9 Å². The summed E-state index contributed by atoms with van der Waals surface area (Å²) in [7, 11) is 0. The molecule has 0 spiro atoms. The number of aliphatic carboxylic acids is 1. The van der Waals surface area contributed by atoms with Crippen LogP contribution in [0.15, 0.2) is 0 Å². The van der Waals surface area contributed by atoms with Crippen LogP contribution < -0.4 is 0 Å². The fourth-order valence-corrected chi connectivity index (χ4v) is 2.20. The molecule has 96 valence electrons. The molecule has 1 rings (SSSR count). The first-order valence-electron chi connectivity index (χ1n) is 6.13. The van der Waals surface area contributed by atoms with Crippen LogP contribution in [0.5, 0.6) is 0 Å². The van der Waals surface area contributed by atoms with Crippen LogP contribution in [0.4, 0.5) is 0 Å². The van der Waals surface area contributed by atoms with Gasteiger partial charge in [-0.2, -0.15) is 0 Å². The molecule has 0 aliphatic carbocycles. The van der Waals surface area contributed by atoms with Gasteiger partial charge >= 0.3 is 5.97 Å². The third-order valence-electron chi connectivity index (χ3n) is 2.97. The van der Waals surface area contributed by atoms with E-state index in [-0.39, 0.29) is 18.2 Å². The summed E-state index contributed by atoms with van der Waals surface area (Å²) in [5.41, 5.74) is 0. The van der Waals surface area contributed by atoms with Gasteiger partial charge in [-0.05, 0) is 19.3 Å². The zero-order valence-electron chi connectivity index (χ0n) is 10.1. The van der Waals surface area contributed by atoms with E-state index in [4.69, 9.17) is 5.11 Å². The number of rotatable bonds is 5. The third-order valence-corrected chi connectivity index (χ3v) is 2.97. The van der Waals surface area contributed by atoms with Crippen LogP contribution >= 0.6 is 0 Å². The highest BCUT2D eigenvalue weighted by Crippen LogP contribution is 2.20. The number of likely N-dealkylation sites (tertiary alicyclic amines) is 1. The van der Waals surface area contributed by atoms with E-state index < -0.39 is 12.0 Å². The van der Waals surface area contributed by atoms with Gasteiger partial charge in [-0.3, -0.25) is 19.3 Å². The molecule has 0 aromatic rings. The number of hydrogen-bond acceptors (Lipinski definition) is 3. The molecule has 2 amide bonds. The Morgan fingerprint density at radius 2 is 1.82 bits per heavy atom. The number of carbonyl (C=O) groups excluding carboxylic acids is 2. The van der Waals surface area contributed by atoms with Gasteiger partial charge in [-0.25, -0.2) is 0 Å². The average molecular weight is 241 g/mol. The summed E-state index contributed by atoms with van der Waals surface area (Å²) in [5, 5.41) is 8.83. The molecule has 5 nitrogen and oxygen atoms in total. The molecule has 0 aromatic carbocycles. The average Bonchev–Trinajstić information content (AvgIpc) is 2.39. The standard InChI is InChI=1S/C12H19NO4/c1-2-5-9(8-12(16)17)13-10(14)6-3-4-7-11(13)15/h9H,2-8H2,1H3,(H,16,17). The highest BCUT2D eigenvalue weighted by molar-refractivity contribution is 5.96. The van der Waals surface area contributed by atoms with Crippen molar-refractivity contribution < 1.29 is 19.5 Å². The molecule has 1 heterocycles. The van der Waals surface area contributed by atoms with E-state index in [1.165, 1.54) is 4.90 Å². The van der Waals surface area contributed by atoms with Gasteiger partial charge in [-0.15, -0.1) is 0 Å². The van der Waals surface area contributed by atoms with Crippen LogP contribution in [0.2, 0.25) is 0 Å². The van der Waals surface area contributed by atoms with E-state index in [9.17, 15) is 14.4 Å². The molecule has 1 N–H and O–H groups in total. The number of amides is 2. The van der Waals surface area contributed by atoms with Crippen molar-refractivity contribution in [3.05, 3.63) is 0 Å². The summed E-state index contributed by atoms with van der Waals surface area (Å²) in [6, 6.07) is -0.476. The molecule has 1 atom stereocenters. The lowest BCUT2D eigenvalue weighted by atomic mass is 10.1. The second-order valence-corrected chi connectivity index (χ2v) is 4.40. The Morgan fingerprint density at radius 1 is 1.29 bits per heavy atom. The fraction of sp³-hybridized carbons (Fsp3) is 0.750. The molecule has 5 heteroatoms. The smallest absolute Gasteiger partial charge is 0.305 e. The Morgan fingerprint density at radius 3 is 2.24 bits per heavy atom. The van der Waals surface area contributed by atoms with Crippen LogP contribution in [-0.4, -0.2) is 33.8 Å². The predicted octanol–water partition coefficient (Wildman–Crippen LogP) is 1.56. The molecule has 1 aliphatic heterocycles. The number of imide groups is 1. The monoisotopic (exact) mass is 241 g/mol. The minimum absolute atomic E-state index is 0.148. The summed E-state index contributed by atoms with van der Waals surface area (Å²) < 4.78 is 0. The first kappa shape index (κ1) is 13.7. The van der Waals surface area contributed by atoms with E-state index in [1.807, 2.05) is 6.92 Å². The van der Waals surface area contributed by atoms with Crippen molar-refractivity contribution in [1.29, 1.82) is 0 Å². The van der Waals surface area contributed by atoms with Crippen molar-refractivity contribution in [1.82, 2.24) is 4.90 Å². The fourth-order valence-electron chi connectivity index (χ4n) is 2.20. The maximum atomic E-state index is 11.8. The Kier molecular flexibility index (Phi) is 5.12. The lowest BCUT2D eigenvalue weighted by molar-refractivity contribution is -0.148. The Labute approximate surface area is 101 Å². The third kappa shape index (κ3) is 3.84. The van der Waals surface area contributed by atoms with Crippen LogP contribution in [-0.2, 0) is 14.4 Å². The molecule has 1 aliphatic rings. The van der Waals surface area contributed by atoms with E-state index in [0.29, 0.717) is 32.1 Å². The summed E-state index contributed by atoms with van der Waals surface area (Å²) in [4.78, 5) is 35.6. The van der Waals surface area contributed by atoms with Crippen molar-refractivity contribution in [3.63, 3.8) is 0 Å². The number of carboxylic acids is 1. The summed E-state index contributed by atoms with van der Waals surface area (Å²) in [6.45, 7) is 1.92.